The Kier molecular flexibility index (Phi) is 5.07. The molecule has 0 amide bonds. The average Bonchev–Trinajstić information content (AvgIpc) is 2.94. The number of ether oxygens (including phenoxy) is 1. The number of aromatic nitrogens is 2. The van der Waals surface area contributed by atoms with E-state index < -0.39 is 0 Å². The number of hydrogen-bond donors (Lipinski definition) is 1. The van der Waals surface area contributed by atoms with E-state index in [4.69, 9.17) is 27.9 Å². The van der Waals surface area contributed by atoms with Gasteiger partial charge in [0.25, 0.3) is 0 Å². The number of H-pyrrole nitrogens is 1. The van der Waals surface area contributed by atoms with Crippen LogP contribution in [-0.2, 0) is 16.0 Å². The maximum atomic E-state index is 11.4. The zero-order valence-corrected chi connectivity index (χ0v) is 14.6. The SMILES string of the molecule is COC(=O)CCCc1c(-c2ccccn2)[nH]c2cc(Cl)cc(Cl)c12. The molecule has 0 atom stereocenters. The monoisotopic (exact) mass is 362 g/mol. The molecule has 0 aliphatic carbocycles. The van der Waals surface area contributed by atoms with E-state index in [0.717, 1.165) is 27.9 Å². The summed E-state index contributed by atoms with van der Waals surface area (Å²) < 4.78 is 4.71. The van der Waals surface area contributed by atoms with Gasteiger partial charge in [0, 0.05) is 28.5 Å². The summed E-state index contributed by atoms with van der Waals surface area (Å²) >= 11 is 12.5. The number of aryl methyl sites for hydroxylation is 1. The number of benzene rings is 1. The van der Waals surface area contributed by atoms with Crippen LogP contribution in [-0.4, -0.2) is 23.0 Å². The summed E-state index contributed by atoms with van der Waals surface area (Å²) in [7, 11) is 1.40. The summed E-state index contributed by atoms with van der Waals surface area (Å²) in [4.78, 5) is 19.2. The predicted molar refractivity (Wildman–Crippen MR) is 96.5 cm³/mol. The summed E-state index contributed by atoms with van der Waals surface area (Å²) in [6.45, 7) is 0. The third-order valence-corrected chi connectivity index (χ3v) is 4.39. The molecular formula is C18H16Cl2N2O2. The zero-order chi connectivity index (χ0) is 17.1. The Morgan fingerprint density at radius 2 is 2.12 bits per heavy atom. The van der Waals surface area contributed by atoms with Gasteiger partial charge in [0.05, 0.1) is 23.5 Å². The van der Waals surface area contributed by atoms with Crippen LogP contribution in [0.4, 0.5) is 0 Å². The van der Waals surface area contributed by atoms with Crippen molar-refractivity contribution in [2.24, 2.45) is 0 Å². The summed E-state index contributed by atoms with van der Waals surface area (Å²) in [6, 6.07) is 9.31. The molecule has 1 aromatic carbocycles. The minimum absolute atomic E-state index is 0.219. The van der Waals surface area contributed by atoms with Gasteiger partial charge in [-0.1, -0.05) is 29.3 Å². The lowest BCUT2D eigenvalue weighted by Crippen LogP contribution is -2.01. The molecule has 6 heteroatoms. The molecule has 0 aliphatic rings. The number of rotatable bonds is 5. The van der Waals surface area contributed by atoms with Crippen molar-refractivity contribution in [2.75, 3.05) is 7.11 Å². The fourth-order valence-corrected chi connectivity index (χ4v) is 3.41. The van der Waals surface area contributed by atoms with Crippen LogP contribution in [0.25, 0.3) is 22.3 Å². The van der Waals surface area contributed by atoms with Gasteiger partial charge in [-0.05, 0) is 42.7 Å². The third-order valence-electron chi connectivity index (χ3n) is 3.87. The smallest absolute Gasteiger partial charge is 0.305 e. The second kappa shape index (κ2) is 7.24. The number of nitrogens with zero attached hydrogens (tertiary/aromatic N) is 1. The number of carbonyl (C=O) groups is 1. The number of pyridine rings is 1. The first-order chi connectivity index (χ1) is 11.6. The second-order valence-corrected chi connectivity index (χ2v) is 6.28. The first-order valence-electron chi connectivity index (χ1n) is 7.58. The van der Waals surface area contributed by atoms with E-state index in [1.165, 1.54) is 7.11 Å². The van der Waals surface area contributed by atoms with Gasteiger partial charge in [-0.3, -0.25) is 9.78 Å². The quantitative estimate of drug-likeness (QED) is 0.647. The Bertz CT molecular complexity index is 876. The Hall–Kier alpha value is -2.04. The molecule has 0 bridgehead atoms. The van der Waals surface area contributed by atoms with E-state index in [-0.39, 0.29) is 5.97 Å². The summed E-state index contributed by atoms with van der Waals surface area (Å²) in [5.41, 5.74) is 3.63. The molecular weight excluding hydrogens is 347 g/mol. The van der Waals surface area contributed by atoms with Crippen molar-refractivity contribution < 1.29 is 9.53 Å². The highest BCUT2D eigenvalue weighted by molar-refractivity contribution is 6.39. The second-order valence-electron chi connectivity index (χ2n) is 5.43. The van der Waals surface area contributed by atoms with Gasteiger partial charge in [-0.2, -0.15) is 0 Å². The van der Waals surface area contributed by atoms with Crippen molar-refractivity contribution in [3.63, 3.8) is 0 Å². The van der Waals surface area contributed by atoms with E-state index in [1.807, 2.05) is 24.3 Å². The topological polar surface area (TPSA) is 55.0 Å². The van der Waals surface area contributed by atoms with Crippen molar-refractivity contribution in [1.29, 1.82) is 0 Å². The maximum absolute atomic E-state index is 11.4. The molecule has 24 heavy (non-hydrogen) atoms. The van der Waals surface area contributed by atoms with Gasteiger partial charge < -0.3 is 9.72 Å². The molecule has 0 fully saturated rings. The van der Waals surface area contributed by atoms with Crippen molar-refractivity contribution >= 4 is 40.1 Å². The van der Waals surface area contributed by atoms with Crippen LogP contribution in [0.2, 0.25) is 10.0 Å². The number of aromatic amines is 1. The summed E-state index contributed by atoms with van der Waals surface area (Å²) in [5, 5.41) is 2.08. The maximum Gasteiger partial charge on any atom is 0.305 e. The predicted octanol–water partition coefficient (Wildman–Crippen LogP) is 5.03. The lowest BCUT2D eigenvalue weighted by Gasteiger charge is -2.05. The first kappa shape index (κ1) is 16.8. The number of nitrogens with one attached hydrogen (secondary N) is 1. The Labute approximate surface area is 149 Å². The van der Waals surface area contributed by atoms with Crippen molar-refractivity contribution in [2.45, 2.75) is 19.3 Å². The van der Waals surface area contributed by atoms with Crippen LogP contribution in [0.15, 0.2) is 36.5 Å². The van der Waals surface area contributed by atoms with Gasteiger partial charge in [-0.15, -0.1) is 0 Å². The number of carbonyl (C=O) groups excluding carboxylic acids is 1. The van der Waals surface area contributed by atoms with Crippen LogP contribution in [0.3, 0.4) is 0 Å². The van der Waals surface area contributed by atoms with Crippen LogP contribution in [0.5, 0.6) is 0 Å². The number of halogens is 2. The normalized spacial score (nSPS) is 11.0. The van der Waals surface area contributed by atoms with Gasteiger partial charge in [0.1, 0.15) is 0 Å². The van der Waals surface area contributed by atoms with Crippen molar-refractivity contribution in [1.82, 2.24) is 9.97 Å². The van der Waals surface area contributed by atoms with E-state index in [1.54, 1.807) is 12.3 Å². The highest BCUT2D eigenvalue weighted by Crippen LogP contribution is 2.36. The molecule has 0 unspecified atom stereocenters. The molecule has 0 saturated heterocycles. The van der Waals surface area contributed by atoms with Crippen molar-refractivity contribution in [3.8, 4) is 11.4 Å². The van der Waals surface area contributed by atoms with Gasteiger partial charge in [-0.25, -0.2) is 0 Å². The van der Waals surface area contributed by atoms with E-state index >= 15 is 0 Å². The Morgan fingerprint density at radius 3 is 2.83 bits per heavy atom. The summed E-state index contributed by atoms with van der Waals surface area (Å²) in [6.07, 6.45) is 3.45. The van der Waals surface area contributed by atoms with Gasteiger partial charge >= 0.3 is 5.97 Å². The minimum atomic E-state index is -0.219. The van der Waals surface area contributed by atoms with E-state index in [2.05, 4.69) is 9.97 Å². The molecule has 124 valence electrons. The van der Waals surface area contributed by atoms with Gasteiger partial charge in [0.2, 0.25) is 0 Å². The van der Waals surface area contributed by atoms with Crippen molar-refractivity contribution in [3.05, 3.63) is 52.1 Å². The molecule has 2 heterocycles. The first-order valence-corrected chi connectivity index (χ1v) is 8.33. The molecule has 4 nitrogen and oxygen atoms in total. The van der Waals surface area contributed by atoms with Crippen LogP contribution in [0, 0.1) is 0 Å². The minimum Gasteiger partial charge on any atom is -0.469 e. The largest absolute Gasteiger partial charge is 0.469 e. The molecule has 0 aliphatic heterocycles. The van der Waals surface area contributed by atoms with E-state index in [0.29, 0.717) is 29.3 Å². The fraction of sp³-hybridized carbons (Fsp3) is 0.222. The molecule has 0 spiro atoms. The molecule has 2 aromatic heterocycles. The van der Waals surface area contributed by atoms with Gasteiger partial charge in [0.15, 0.2) is 0 Å². The highest BCUT2D eigenvalue weighted by atomic mass is 35.5. The third kappa shape index (κ3) is 3.40. The molecule has 3 rings (SSSR count). The molecule has 0 saturated carbocycles. The Morgan fingerprint density at radius 1 is 1.29 bits per heavy atom. The zero-order valence-electron chi connectivity index (χ0n) is 13.1. The Balaban J connectivity index is 2.07. The molecule has 1 N–H and O–H groups in total. The highest BCUT2D eigenvalue weighted by Gasteiger charge is 2.17. The van der Waals surface area contributed by atoms with E-state index in [9.17, 15) is 4.79 Å². The summed E-state index contributed by atoms with van der Waals surface area (Å²) in [5.74, 6) is -0.219. The fourth-order valence-electron chi connectivity index (χ4n) is 2.80. The number of methoxy groups -OCH3 is 1. The molecule has 0 radical (unpaired) electrons. The van der Waals surface area contributed by atoms with Crippen LogP contribution in [0.1, 0.15) is 18.4 Å². The number of fused-ring (bicyclic) bond motifs is 1. The van der Waals surface area contributed by atoms with Crippen LogP contribution >= 0.6 is 23.2 Å². The average molecular weight is 363 g/mol. The lowest BCUT2D eigenvalue weighted by molar-refractivity contribution is -0.140. The molecule has 3 aromatic rings. The number of hydrogen-bond acceptors (Lipinski definition) is 3. The standard InChI is InChI=1S/C18H16Cl2N2O2/c1-24-16(23)7-4-5-12-17-13(20)9-11(19)10-15(17)22-18(12)14-6-2-3-8-21-14/h2-3,6,8-10,22H,4-5,7H2,1H3. The number of esters is 1. The lowest BCUT2D eigenvalue weighted by atomic mass is 10.0. The van der Waals surface area contributed by atoms with Crippen LogP contribution < -0.4 is 0 Å².